The summed E-state index contributed by atoms with van der Waals surface area (Å²) in [5.74, 6) is -3.16. The van der Waals surface area contributed by atoms with Gasteiger partial charge in [-0.2, -0.15) is 0 Å². The molecule has 14 heteroatoms. The third-order valence-electron chi connectivity index (χ3n) is 10.2. The summed E-state index contributed by atoms with van der Waals surface area (Å²) in [4.78, 5) is 71.0. The molecule has 0 aromatic heterocycles. The van der Waals surface area contributed by atoms with Gasteiger partial charge in [0.1, 0.15) is 23.7 Å². The largest absolute Gasteiger partial charge is 0.444 e. The number of hydrogen-bond donors (Lipinski definition) is 3. The van der Waals surface area contributed by atoms with E-state index in [4.69, 9.17) is 4.74 Å². The van der Waals surface area contributed by atoms with Crippen LogP contribution in [0.25, 0.3) is 6.08 Å². The number of sulfonamides is 1. The maximum Gasteiger partial charge on any atom is 0.410 e. The Hall–Kier alpha value is -4.20. The number of benzene rings is 1. The molecule has 6 rings (SSSR count). The predicted octanol–water partition coefficient (Wildman–Crippen LogP) is 2.51. The summed E-state index contributed by atoms with van der Waals surface area (Å²) in [6, 6.07) is 3.82. The van der Waals surface area contributed by atoms with Crippen LogP contribution in [0, 0.1) is 11.8 Å². The Morgan fingerprint density at radius 2 is 1.92 bits per heavy atom. The fraction of sp³-hybridized carbons (Fsp3) is 0.571. The van der Waals surface area contributed by atoms with Crippen molar-refractivity contribution in [2.75, 3.05) is 6.54 Å². The minimum absolute atomic E-state index is 0.0479. The SMILES string of the molecule is C=C[C@@H]1C[C@]1(NC(=O)[C@@H]1C[C@@H]2CN1C(=O)[C@H](C(C)C)NC(=O)CCCC/C=C/c1cccc3c1CN(C3)C(=O)O2)C(=O)NS(=O)(=O)C1CC1. The lowest BCUT2D eigenvalue weighted by atomic mass is 10.0. The van der Waals surface area contributed by atoms with E-state index >= 15 is 0 Å². The molecule has 13 nitrogen and oxygen atoms in total. The average Bonchev–Trinajstić information content (AvgIpc) is 3.95. The summed E-state index contributed by atoms with van der Waals surface area (Å²) >= 11 is 0. The molecular formula is C35H45N5O8S. The van der Waals surface area contributed by atoms with Gasteiger partial charge < -0.3 is 20.3 Å². The highest BCUT2D eigenvalue weighted by Crippen LogP contribution is 2.45. The fourth-order valence-electron chi connectivity index (χ4n) is 7.04. The van der Waals surface area contributed by atoms with Crippen LogP contribution in [-0.4, -0.2) is 83.5 Å². The number of amides is 5. The van der Waals surface area contributed by atoms with Crippen molar-refractivity contribution in [2.45, 2.75) is 107 Å². The second-order valence-electron chi connectivity index (χ2n) is 14.2. The Morgan fingerprint density at radius 1 is 1.14 bits per heavy atom. The van der Waals surface area contributed by atoms with Crippen molar-refractivity contribution in [1.29, 1.82) is 0 Å². The van der Waals surface area contributed by atoms with E-state index in [2.05, 4.69) is 28.0 Å². The van der Waals surface area contributed by atoms with Crippen LogP contribution in [0.2, 0.25) is 0 Å². The van der Waals surface area contributed by atoms with E-state index in [0.29, 0.717) is 32.4 Å². The van der Waals surface area contributed by atoms with Crippen molar-refractivity contribution in [3.63, 3.8) is 0 Å². The van der Waals surface area contributed by atoms with Crippen molar-refractivity contribution in [1.82, 2.24) is 25.2 Å². The zero-order chi connectivity index (χ0) is 35.1. The summed E-state index contributed by atoms with van der Waals surface area (Å²) in [7, 11) is -3.89. The van der Waals surface area contributed by atoms with Crippen molar-refractivity contribution >= 4 is 45.8 Å². The molecule has 0 spiro atoms. The lowest BCUT2D eigenvalue weighted by Gasteiger charge is -2.31. The number of hydrogen-bond acceptors (Lipinski definition) is 8. The minimum Gasteiger partial charge on any atom is -0.444 e. The molecule has 1 aromatic carbocycles. The van der Waals surface area contributed by atoms with Crippen LogP contribution >= 0.6 is 0 Å². The molecule has 2 saturated carbocycles. The molecule has 1 aromatic rings. The molecule has 2 aliphatic carbocycles. The maximum absolute atomic E-state index is 14.2. The van der Waals surface area contributed by atoms with Crippen LogP contribution in [-0.2, 0) is 47.0 Å². The van der Waals surface area contributed by atoms with Crippen LogP contribution < -0.4 is 15.4 Å². The van der Waals surface area contributed by atoms with Gasteiger partial charge in [0.05, 0.1) is 18.3 Å². The summed E-state index contributed by atoms with van der Waals surface area (Å²) in [6.07, 6.45) is 7.58. The Morgan fingerprint density at radius 3 is 2.61 bits per heavy atom. The molecule has 49 heavy (non-hydrogen) atoms. The summed E-state index contributed by atoms with van der Waals surface area (Å²) < 4.78 is 33.3. The van der Waals surface area contributed by atoms with Crippen LogP contribution in [0.4, 0.5) is 4.79 Å². The Balaban J connectivity index is 1.26. The molecule has 4 bridgehead atoms. The number of ether oxygens (including phenoxy) is 1. The summed E-state index contributed by atoms with van der Waals surface area (Å²) in [6.45, 7) is 7.95. The number of allylic oxidation sites excluding steroid dienone is 1. The van der Waals surface area contributed by atoms with Gasteiger partial charge in [-0.05, 0) is 61.1 Å². The molecule has 3 N–H and O–H groups in total. The monoisotopic (exact) mass is 695 g/mol. The van der Waals surface area contributed by atoms with E-state index in [1.54, 1.807) is 18.7 Å². The van der Waals surface area contributed by atoms with Gasteiger partial charge in [-0.25, -0.2) is 13.2 Å². The lowest BCUT2D eigenvalue weighted by molar-refractivity contribution is -0.143. The van der Waals surface area contributed by atoms with Crippen LogP contribution in [0.3, 0.4) is 0 Å². The van der Waals surface area contributed by atoms with Crippen molar-refractivity contribution < 1.29 is 37.1 Å². The van der Waals surface area contributed by atoms with Crippen LogP contribution in [0.5, 0.6) is 0 Å². The number of nitrogens with zero attached hydrogens (tertiary/aromatic N) is 2. The van der Waals surface area contributed by atoms with Gasteiger partial charge in [0.2, 0.25) is 27.7 Å². The van der Waals surface area contributed by atoms with Gasteiger partial charge in [0, 0.05) is 25.3 Å². The molecule has 264 valence electrons. The molecule has 3 heterocycles. The molecule has 5 aliphatic rings. The van der Waals surface area contributed by atoms with E-state index in [-0.39, 0.29) is 37.6 Å². The minimum atomic E-state index is -3.89. The van der Waals surface area contributed by atoms with E-state index in [0.717, 1.165) is 29.5 Å². The molecule has 3 fully saturated rings. The third-order valence-corrected chi connectivity index (χ3v) is 12.0. The topological polar surface area (TPSA) is 171 Å². The van der Waals surface area contributed by atoms with Gasteiger partial charge >= 0.3 is 6.09 Å². The number of fused-ring (bicyclic) bond motifs is 3. The summed E-state index contributed by atoms with van der Waals surface area (Å²) in [5.41, 5.74) is 1.51. The van der Waals surface area contributed by atoms with E-state index < -0.39 is 68.7 Å². The number of nitrogens with one attached hydrogen (secondary N) is 3. The molecule has 5 amide bonds. The highest BCUT2D eigenvalue weighted by molar-refractivity contribution is 7.91. The van der Waals surface area contributed by atoms with Gasteiger partial charge in [-0.15, -0.1) is 6.58 Å². The molecule has 0 radical (unpaired) electrons. The molecule has 0 unspecified atom stereocenters. The highest BCUT2D eigenvalue weighted by Gasteiger charge is 2.62. The Kier molecular flexibility index (Phi) is 9.62. The van der Waals surface area contributed by atoms with Crippen molar-refractivity contribution in [3.8, 4) is 0 Å². The molecule has 3 aliphatic heterocycles. The van der Waals surface area contributed by atoms with E-state index in [9.17, 15) is 32.4 Å². The average molecular weight is 696 g/mol. The first kappa shape index (κ1) is 34.7. The second kappa shape index (κ2) is 13.6. The van der Waals surface area contributed by atoms with Gasteiger partial charge in [0.25, 0.3) is 5.91 Å². The molecule has 5 atom stereocenters. The normalized spacial score (nSPS) is 29.7. The first-order valence-electron chi connectivity index (χ1n) is 17.2. The Bertz CT molecular complexity index is 1690. The molecular weight excluding hydrogens is 650 g/mol. The maximum atomic E-state index is 14.2. The summed E-state index contributed by atoms with van der Waals surface area (Å²) in [5, 5.41) is 4.97. The molecule has 1 saturated heterocycles. The van der Waals surface area contributed by atoms with Crippen LogP contribution in [0.1, 0.15) is 81.9 Å². The number of rotatable bonds is 7. The first-order chi connectivity index (χ1) is 23.3. The van der Waals surface area contributed by atoms with Gasteiger partial charge in [0.15, 0.2) is 0 Å². The quantitative estimate of drug-likeness (QED) is 0.366. The number of carbonyl (C=O) groups excluding carboxylic acids is 5. The predicted molar refractivity (Wildman–Crippen MR) is 180 cm³/mol. The zero-order valence-electron chi connectivity index (χ0n) is 28.0. The lowest BCUT2D eigenvalue weighted by Crippen LogP contribution is -2.59. The number of carbonyl (C=O) groups is 5. The van der Waals surface area contributed by atoms with Gasteiger partial charge in [-0.1, -0.05) is 50.3 Å². The van der Waals surface area contributed by atoms with Crippen molar-refractivity contribution in [2.24, 2.45) is 11.8 Å². The van der Waals surface area contributed by atoms with Gasteiger partial charge in [-0.3, -0.25) is 28.8 Å². The standard InChI is InChI=1S/C35H45N5O8S/c1-4-24-17-35(24,33(44)38-49(46,47)26-14-15-26)37-31(42)28-16-25-19-40(28)32(43)30(21(2)3)36-29(41)13-8-6-5-7-10-22-11-9-12-23-18-39(20-27(22)23)34(45)48-25/h4,7,9-12,21,24-26,28,30H,1,5-6,8,13-20H2,2-3H3,(H,36,41)(H,37,42)(H,38,44)/b10-7+/t24-,25-,28+,30+,35-/m1/s1. The fourth-order valence-corrected chi connectivity index (χ4v) is 8.40. The van der Waals surface area contributed by atoms with Crippen LogP contribution in [0.15, 0.2) is 36.9 Å². The first-order valence-corrected chi connectivity index (χ1v) is 18.7. The van der Waals surface area contributed by atoms with E-state index in [1.165, 1.54) is 11.0 Å². The van der Waals surface area contributed by atoms with Crippen molar-refractivity contribution in [3.05, 3.63) is 53.6 Å². The second-order valence-corrected chi connectivity index (χ2v) is 16.2. The third kappa shape index (κ3) is 7.24. The zero-order valence-corrected chi connectivity index (χ0v) is 28.8. The van der Waals surface area contributed by atoms with E-state index in [1.807, 2.05) is 24.3 Å². The highest BCUT2D eigenvalue weighted by atomic mass is 32.2. The Labute approximate surface area is 286 Å². The smallest absolute Gasteiger partial charge is 0.410 e.